The predicted octanol–water partition coefficient (Wildman–Crippen LogP) is 8.39. The van der Waals surface area contributed by atoms with E-state index in [2.05, 4.69) is 45.4 Å². The van der Waals surface area contributed by atoms with Crippen molar-refractivity contribution >= 4 is 35.0 Å². The molecular weight excluding hydrogens is 799 g/mol. The third kappa shape index (κ3) is 8.28. The number of carbonyl (C=O) groups is 4. The van der Waals surface area contributed by atoms with E-state index in [0.29, 0.717) is 31.2 Å². The van der Waals surface area contributed by atoms with Crippen LogP contribution < -0.4 is 10.6 Å². The van der Waals surface area contributed by atoms with Crippen LogP contribution in [0.15, 0.2) is 119 Å². The highest BCUT2D eigenvalue weighted by Gasteiger charge is 2.41. The maximum absolute atomic E-state index is 14.1. The third-order valence-corrected chi connectivity index (χ3v) is 13.4. The van der Waals surface area contributed by atoms with Crippen molar-refractivity contribution in [1.29, 1.82) is 0 Å². The molecule has 4 fully saturated rings. The van der Waals surface area contributed by atoms with E-state index >= 15 is 0 Å². The molecule has 10 rings (SSSR count). The van der Waals surface area contributed by atoms with Crippen LogP contribution in [0, 0.1) is 11.8 Å². The average molecular weight is 846 g/mol. The van der Waals surface area contributed by atoms with Crippen LogP contribution in [0.2, 0.25) is 0 Å². The Morgan fingerprint density at radius 3 is 1.60 bits per heavy atom. The number of rotatable bonds is 13. The van der Waals surface area contributed by atoms with Gasteiger partial charge in [0.15, 0.2) is 0 Å². The lowest BCUT2D eigenvalue weighted by Gasteiger charge is -2.28. The van der Waals surface area contributed by atoms with Crippen LogP contribution in [0.5, 0.6) is 0 Å². The van der Waals surface area contributed by atoms with Gasteiger partial charge >= 0.3 is 0 Å². The Labute approximate surface area is 363 Å². The van der Waals surface area contributed by atoms with Gasteiger partial charge in [0, 0.05) is 41.4 Å². The maximum Gasteiger partial charge on any atom is 0.250 e. The van der Waals surface area contributed by atoms with Crippen molar-refractivity contribution in [2.75, 3.05) is 13.1 Å². The number of likely N-dealkylation sites (tertiary alicyclic amines) is 2. The summed E-state index contributed by atoms with van der Waals surface area (Å²) in [7, 11) is 0. The van der Waals surface area contributed by atoms with E-state index in [9.17, 15) is 19.2 Å². The Morgan fingerprint density at radius 2 is 1.06 bits per heavy atom. The Balaban J connectivity index is 0.797. The van der Waals surface area contributed by atoms with Crippen LogP contribution in [-0.4, -0.2) is 61.6 Å². The Bertz CT molecular complexity index is 2390. The fourth-order valence-electron chi connectivity index (χ4n) is 8.69. The molecule has 0 radical (unpaired) electrons. The predicted molar refractivity (Wildman–Crippen MR) is 234 cm³/mol. The molecule has 4 aromatic carbocycles. The molecule has 6 aromatic rings. The molecule has 4 aliphatic rings. The van der Waals surface area contributed by atoms with Crippen molar-refractivity contribution in [3.8, 4) is 33.8 Å². The summed E-state index contributed by atoms with van der Waals surface area (Å²) in [6.45, 7) is 1.17. The lowest BCUT2D eigenvalue weighted by atomic mass is 10.0. The van der Waals surface area contributed by atoms with E-state index in [4.69, 9.17) is 14.5 Å². The Hall–Kier alpha value is -6.47. The molecular formula is C49H47N7O5S. The minimum atomic E-state index is -0.778. The summed E-state index contributed by atoms with van der Waals surface area (Å²) in [5.41, 5.74) is 6.26. The molecule has 2 saturated heterocycles. The zero-order valence-electron chi connectivity index (χ0n) is 34.2. The number of carbonyl (C=O) groups excluding carboxylic acids is 4. The minimum Gasteiger partial charge on any atom is -0.340 e. The second kappa shape index (κ2) is 17.1. The highest BCUT2D eigenvalue weighted by molar-refractivity contribution is 7.10. The van der Waals surface area contributed by atoms with Crippen LogP contribution >= 0.6 is 11.3 Å². The molecule has 4 heterocycles. The molecule has 13 heteroatoms. The zero-order valence-corrected chi connectivity index (χ0v) is 35.0. The molecule has 12 nitrogen and oxygen atoms in total. The molecule has 2 aliphatic heterocycles. The summed E-state index contributed by atoms with van der Waals surface area (Å²) in [5.74, 6) is 0.430. The largest absolute Gasteiger partial charge is 0.340 e. The molecule has 2 saturated carbocycles. The van der Waals surface area contributed by atoms with Gasteiger partial charge in [-0.15, -0.1) is 11.3 Å². The molecule has 0 spiro atoms. The van der Waals surface area contributed by atoms with Crippen LogP contribution in [0.3, 0.4) is 0 Å². The fourth-order valence-corrected chi connectivity index (χ4v) is 9.66. The zero-order chi connectivity index (χ0) is 42.2. The minimum absolute atomic E-state index is 0.00430. The van der Waals surface area contributed by atoms with Gasteiger partial charge in [0.05, 0.1) is 11.7 Å². The summed E-state index contributed by atoms with van der Waals surface area (Å²) in [6.07, 6.45) is 6.65. The highest BCUT2D eigenvalue weighted by atomic mass is 32.1. The number of hydrogen-bond acceptors (Lipinski definition) is 9. The summed E-state index contributed by atoms with van der Waals surface area (Å²) >= 11 is 1.57. The monoisotopic (exact) mass is 845 g/mol. The molecule has 4 amide bonds. The van der Waals surface area contributed by atoms with Crippen molar-refractivity contribution < 1.29 is 23.7 Å². The van der Waals surface area contributed by atoms with E-state index in [1.54, 1.807) is 16.2 Å². The molecule has 2 aromatic heterocycles. The lowest BCUT2D eigenvalue weighted by molar-refractivity contribution is -0.138. The first-order valence-electron chi connectivity index (χ1n) is 21.7. The SMILES string of the molecule is O=C(NC(C(=O)N1CCCC1c1nc(-c2ccc(-c3ccc(-c4csc(C5CCCN5C(=O)[C@H](NC(=O)C5CC5)c5ccccc5)n4)cc3)cc2)no1)c1ccccc1)C1CC1. The molecule has 2 N–H and O–H groups in total. The van der Waals surface area contributed by atoms with Crippen LogP contribution in [0.25, 0.3) is 33.8 Å². The van der Waals surface area contributed by atoms with Crippen molar-refractivity contribution in [1.82, 2.24) is 35.6 Å². The van der Waals surface area contributed by atoms with Gasteiger partial charge in [0.2, 0.25) is 35.3 Å². The van der Waals surface area contributed by atoms with Crippen LogP contribution in [0.4, 0.5) is 0 Å². The summed E-state index contributed by atoms with van der Waals surface area (Å²) in [5, 5.41) is 13.3. The van der Waals surface area contributed by atoms with E-state index in [-0.39, 0.29) is 47.5 Å². The maximum atomic E-state index is 14.1. The number of thiazole rings is 1. The first kappa shape index (κ1) is 39.7. The quantitative estimate of drug-likeness (QED) is 0.118. The Kier molecular flexibility index (Phi) is 11.0. The smallest absolute Gasteiger partial charge is 0.250 e. The molecule has 62 heavy (non-hydrogen) atoms. The van der Waals surface area contributed by atoms with Gasteiger partial charge in [-0.3, -0.25) is 19.2 Å². The standard InChI is InChI=1S/C49H47N7O5S/c57-44(36-23-24-36)51-41(33-9-3-1-4-10-33)48(59)55-27-7-13-39(55)46-53-43(54-61-46)35-21-17-31(18-22-35)30-15-19-32(20-16-30)38-29-62-47(50-38)40-14-8-28-56(40)49(60)42(34-11-5-2-6-12-34)52-45(58)37-25-26-37/h1-6,9-12,15-22,29,36-37,39-42H,7-8,13-14,23-28H2,(H,51,57)(H,52,58)/t39?,40?,41?,42-/m1/s1. The molecule has 3 unspecified atom stereocenters. The van der Waals surface area contributed by atoms with E-state index < -0.39 is 12.1 Å². The normalized spacial score (nSPS) is 19.5. The first-order chi connectivity index (χ1) is 30.4. The van der Waals surface area contributed by atoms with Gasteiger partial charge in [0.1, 0.15) is 23.1 Å². The van der Waals surface area contributed by atoms with Gasteiger partial charge < -0.3 is 25.0 Å². The number of hydrogen-bond donors (Lipinski definition) is 2. The van der Waals surface area contributed by atoms with Crippen LogP contribution in [0.1, 0.15) is 97.6 Å². The van der Waals surface area contributed by atoms with Crippen LogP contribution in [-0.2, 0) is 19.2 Å². The first-order valence-corrected chi connectivity index (χ1v) is 22.6. The van der Waals surface area contributed by atoms with Gasteiger partial charge in [0.25, 0.3) is 0 Å². The summed E-state index contributed by atoms with van der Waals surface area (Å²) in [6, 6.07) is 33.2. The van der Waals surface area contributed by atoms with E-state index in [0.717, 1.165) is 89.0 Å². The van der Waals surface area contributed by atoms with Crippen molar-refractivity contribution in [2.24, 2.45) is 11.8 Å². The van der Waals surface area contributed by atoms with E-state index in [1.165, 1.54) is 0 Å². The number of nitrogens with one attached hydrogen (secondary N) is 2. The molecule has 314 valence electrons. The van der Waals surface area contributed by atoms with E-state index in [1.807, 2.05) is 89.8 Å². The van der Waals surface area contributed by atoms with Crippen molar-refractivity contribution in [3.63, 3.8) is 0 Å². The van der Waals surface area contributed by atoms with Gasteiger partial charge in [-0.1, -0.05) is 114 Å². The lowest BCUT2D eigenvalue weighted by Crippen LogP contribution is -2.43. The van der Waals surface area contributed by atoms with Gasteiger partial charge in [-0.05, 0) is 73.6 Å². The molecule has 4 atom stereocenters. The molecule has 0 bridgehead atoms. The van der Waals surface area contributed by atoms with Gasteiger partial charge in [-0.2, -0.15) is 4.98 Å². The number of nitrogens with zero attached hydrogens (tertiary/aromatic N) is 5. The average Bonchev–Trinajstić information content (AvgIpc) is 4.07. The highest BCUT2D eigenvalue weighted by Crippen LogP contribution is 2.39. The summed E-state index contributed by atoms with van der Waals surface area (Å²) in [4.78, 5) is 67.3. The van der Waals surface area contributed by atoms with Gasteiger partial charge in [-0.25, -0.2) is 4.98 Å². The second-order valence-electron chi connectivity index (χ2n) is 16.8. The van der Waals surface area contributed by atoms with Crippen molar-refractivity contribution in [3.05, 3.63) is 137 Å². The second-order valence-corrected chi connectivity index (χ2v) is 17.7. The third-order valence-electron chi connectivity index (χ3n) is 12.5. The van der Waals surface area contributed by atoms with Crippen molar-refractivity contribution in [2.45, 2.75) is 75.5 Å². The number of benzene rings is 4. The molecule has 2 aliphatic carbocycles. The fraction of sp³-hybridized carbons (Fsp3) is 0.327. The number of aromatic nitrogens is 3. The number of amides is 4. The Morgan fingerprint density at radius 1 is 0.581 bits per heavy atom. The summed E-state index contributed by atoms with van der Waals surface area (Å²) < 4.78 is 5.79. The topological polar surface area (TPSA) is 151 Å².